The number of aliphatic hydroxyl groups is 1. The molecule has 2 saturated carbocycles. The van der Waals surface area contributed by atoms with Crippen LogP contribution in [0, 0.1) is 11.8 Å². The molecule has 0 heterocycles. The second kappa shape index (κ2) is 6.91. The van der Waals surface area contributed by atoms with E-state index < -0.39 is 0 Å². The van der Waals surface area contributed by atoms with Crippen LogP contribution in [-0.4, -0.2) is 23.8 Å². The molecule has 2 nitrogen and oxygen atoms in total. The van der Waals surface area contributed by atoms with Gasteiger partial charge in [0.2, 0.25) is 0 Å². The Hall–Kier alpha value is -0.0800. The van der Waals surface area contributed by atoms with Crippen LogP contribution in [-0.2, 0) is 0 Å². The van der Waals surface area contributed by atoms with Gasteiger partial charge in [0.15, 0.2) is 0 Å². The fourth-order valence-electron chi connectivity index (χ4n) is 3.63. The maximum atomic E-state index is 9.75. The molecule has 2 N–H and O–H groups in total. The third kappa shape index (κ3) is 3.96. The molecule has 2 rings (SSSR count). The Balaban J connectivity index is 1.79. The van der Waals surface area contributed by atoms with Gasteiger partial charge in [-0.25, -0.2) is 0 Å². The summed E-state index contributed by atoms with van der Waals surface area (Å²) < 4.78 is 0. The summed E-state index contributed by atoms with van der Waals surface area (Å²) in [6.07, 6.45) is 13.4. The van der Waals surface area contributed by atoms with E-state index >= 15 is 0 Å². The SMILES string of the molecule is CC1CCC(CO)(NCC2CCCCCC2)CC1. The lowest BCUT2D eigenvalue weighted by Gasteiger charge is -2.40. The van der Waals surface area contributed by atoms with Gasteiger partial charge < -0.3 is 10.4 Å². The monoisotopic (exact) mass is 253 g/mol. The Morgan fingerprint density at radius 2 is 1.61 bits per heavy atom. The Morgan fingerprint density at radius 1 is 1.00 bits per heavy atom. The van der Waals surface area contributed by atoms with Gasteiger partial charge in [-0.05, 0) is 56.9 Å². The summed E-state index contributed by atoms with van der Waals surface area (Å²) in [4.78, 5) is 0. The predicted molar refractivity (Wildman–Crippen MR) is 76.6 cm³/mol. The zero-order chi connectivity index (χ0) is 12.8. The minimum atomic E-state index is 0.0544. The normalized spacial score (nSPS) is 35.3. The topological polar surface area (TPSA) is 32.3 Å². The van der Waals surface area contributed by atoms with Gasteiger partial charge in [-0.3, -0.25) is 0 Å². The van der Waals surface area contributed by atoms with Crippen LogP contribution in [0.15, 0.2) is 0 Å². The van der Waals surface area contributed by atoms with Crippen LogP contribution in [0.5, 0.6) is 0 Å². The van der Waals surface area contributed by atoms with E-state index in [1.165, 1.54) is 51.4 Å². The molecule has 0 bridgehead atoms. The van der Waals surface area contributed by atoms with Crippen molar-refractivity contribution in [2.24, 2.45) is 11.8 Å². The average Bonchev–Trinajstić information content (AvgIpc) is 2.67. The molecule has 0 spiro atoms. The maximum absolute atomic E-state index is 9.75. The van der Waals surface area contributed by atoms with Crippen molar-refractivity contribution < 1.29 is 5.11 Å². The summed E-state index contributed by atoms with van der Waals surface area (Å²) in [5.74, 6) is 1.71. The van der Waals surface area contributed by atoms with E-state index in [9.17, 15) is 5.11 Å². The van der Waals surface area contributed by atoms with Crippen LogP contribution in [0.2, 0.25) is 0 Å². The molecule has 2 heteroatoms. The second-order valence-electron chi connectivity index (χ2n) is 6.86. The Labute approximate surface area is 113 Å². The number of hydrogen-bond donors (Lipinski definition) is 2. The molecule has 0 atom stereocenters. The molecular weight excluding hydrogens is 222 g/mol. The lowest BCUT2D eigenvalue weighted by Crippen LogP contribution is -2.52. The molecule has 2 aliphatic rings. The van der Waals surface area contributed by atoms with Crippen molar-refractivity contribution in [2.45, 2.75) is 76.7 Å². The van der Waals surface area contributed by atoms with E-state index in [2.05, 4.69) is 12.2 Å². The molecule has 0 aromatic rings. The maximum Gasteiger partial charge on any atom is 0.0613 e. The van der Waals surface area contributed by atoms with Gasteiger partial charge in [0.05, 0.1) is 6.61 Å². The minimum absolute atomic E-state index is 0.0544. The highest BCUT2D eigenvalue weighted by atomic mass is 16.3. The lowest BCUT2D eigenvalue weighted by atomic mass is 9.77. The fourth-order valence-corrected chi connectivity index (χ4v) is 3.63. The summed E-state index contributed by atoms with van der Waals surface area (Å²) in [5.41, 5.74) is 0.0544. The molecule has 0 radical (unpaired) electrons. The largest absolute Gasteiger partial charge is 0.394 e. The van der Waals surface area contributed by atoms with Crippen LogP contribution in [0.1, 0.15) is 71.1 Å². The molecule has 2 fully saturated rings. The van der Waals surface area contributed by atoms with Gasteiger partial charge in [-0.2, -0.15) is 0 Å². The third-order valence-electron chi connectivity index (χ3n) is 5.27. The van der Waals surface area contributed by atoms with Crippen molar-refractivity contribution in [3.63, 3.8) is 0 Å². The van der Waals surface area contributed by atoms with Gasteiger partial charge in [0.1, 0.15) is 0 Å². The highest BCUT2D eigenvalue weighted by Crippen LogP contribution is 2.32. The number of aliphatic hydroxyl groups excluding tert-OH is 1. The van der Waals surface area contributed by atoms with E-state index in [0.29, 0.717) is 6.61 Å². The number of nitrogens with one attached hydrogen (secondary N) is 1. The quantitative estimate of drug-likeness (QED) is 0.752. The average molecular weight is 253 g/mol. The van der Waals surface area contributed by atoms with Crippen molar-refractivity contribution in [3.8, 4) is 0 Å². The van der Waals surface area contributed by atoms with Crippen LogP contribution in [0.3, 0.4) is 0 Å². The molecule has 0 unspecified atom stereocenters. The molecule has 106 valence electrons. The lowest BCUT2D eigenvalue weighted by molar-refractivity contribution is 0.100. The van der Waals surface area contributed by atoms with Gasteiger partial charge in [0, 0.05) is 5.54 Å². The van der Waals surface area contributed by atoms with E-state index in [1.807, 2.05) is 0 Å². The summed E-state index contributed by atoms with van der Waals surface area (Å²) in [5, 5.41) is 13.5. The number of hydrogen-bond acceptors (Lipinski definition) is 2. The Bertz CT molecular complexity index is 225. The Kier molecular flexibility index (Phi) is 5.50. The first kappa shape index (κ1) is 14.3. The smallest absolute Gasteiger partial charge is 0.0613 e. The molecular formula is C16H31NO. The predicted octanol–water partition coefficient (Wildman–Crippen LogP) is 3.49. The van der Waals surface area contributed by atoms with E-state index in [0.717, 1.165) is 31.2 Å². The summed E-state index contributed by atoms with van der Waals surface area (Å²) in [6.45, 7) is 3.80. The van der Waals surface area contributed by atoms with Crippen molar-refractivity contribution in [2.75, 3.05) is 13.2 Å². The first-order chi connectivity index (χ1) is 8.74. The molecule has 0 aromatic carbocycles. The van der Waals surface area contributed by atoms with Crippen LogP contribution in [0.4, 0.5) is 0 Å². The molecule has 0 aromatic heterocycles. The summed E-state index contributed by atoms with van der Waals surface area (Å²) in [7, 11) is 0. The first-order valence-electron chi connectivity index (χ1n) is 8.10. The first-order valence-corrected chi connectivity index (χ1v) is 8.10. The van der Waals surface area contributed by atoms with E-state index in [-0.39, 0.29) is 5.54 Å². The second-order valence-corrected chi connectivity index (χ2v) is 6.86. The van der Waals surface area contributed by atoms with Crippen molar-refractivity contribution in [1.82, 2.24) is 5.32 Å². The molecule has 0 amide bonds. The minimum Gasteiger partial charge on any atom is -0.394 e. The van der Waals surface area contributed by atoms with Crippen molar-refractivity contribution in [3.05, 3.63) is 0 Å². The molecule has 0 aliphatic heterocycles. The standard InChI is InChI=1S/C16H31NO/c1-14-8-10-16(13-18,11-9-14)17-12-15-6-4-2-3-5-7-15/h14-15,17-18H,2-13H2,1H3. The Morgan fingerprint density at radius 3 is 2.17 bits per heavy atom. The molecule has 2 aliphatic carbocycles. The number of rotatable bonds is 4. The zero-order valence-corrected chi connectivity index (χ0v) is 12.1. The van der Waals surface area contributed by atoms with E-state index in [4.69, 9.17) is 0 Å². The summed E-state index contributed by atoms with van der Waals surface area (Å²) in [6, 6.07) is 0. The molecule has 0 saturated heterocycles. The van der Waals surface area contributed by atoms with Crippen LogP contribution in [0.25, 0.3) is 0 Å². The fraction of sp³-hybridized carbons (Fsp3) is 1.00. The highest BCUT2D eigenvalue weighted by Gasteiger charge is 2.33. The van der Waals surface area contributed by atoms with Crippen molar-refractivity contribution >= 4 is 0 Å². The van der Waals surface area contributed by atoms with Gasteiger partial charge >= 0.3 is 0 Å². The van der Waals surface area contributed by atoms with E-state index in [1.54, 1.807) is 0 Å². The van der Waals surface area contributed by atoms with Crippen LogP contribution >= 0.6 is 0 Å². The third-order valence-corrected chi connectivity index (χ3v) is 5.27. The van der Waals surface area contributed by atoms with Gasteiger partial charge in [-0.15, -0.1) is 0 Å². The summed E-state index contributed by atoms with van der Waals surface area (Å²) >= 11 is 0. The van der Waals surface area contributed by atoms with Gasteiger partial charge in [-0.1, -0.05) is 32.6 Å². The van der Waals surface area contributed by atoms with Crippen molar-refractivity contribution in [1.29, 1.82) is 0 Å². The molecule has 18 heavy (non-hydrogen) atoms. The van der Waals surface area contributed by atoms with Gasteiger partial charge in [0.25, 0.3) is 0 Å². The highest BCUT2D eigenvalue weighted by molar-refractivity contribution is 4.92. The zero-order valence-electron chi connectivity index (χ0n) is 12.1. The van der Waals surface area contributed by atoms with Crippen LogP contribution < -0.4 is 5.32 Å².